The first-order valence-electron chi connectivity index (χ1n) is 14.2. The van der Waals surface area contributed by atoms with Crippen LogP contribution in [0.25, 0.3) is 21.8 Å². The van der Waals surface area contributed by atoms with Crippen molar-refractivity contribution < 1.29 is 8.60 Å². The molecule has 4 heterocycles. The number of rotatable bonds is 9. The molecule has 5 rings (SSSR count). The van der Waals surface area contributed by atoms with E-state index >= 15 is 4.39 Å². The van der Waals surface area contributed by atoms with Crippen LogP contribution in [0.2, 0.25) is 0 Å². The molecule has 4 aromatic rings. The maximum absolute atomic E-state index is 15.9. The molecule has 1 aromatic carbocycles. The van der Waals surface area contributed by atoms with Gasteiger partial charge in [-0.1, -0.05) is 33.8 Å². The molecule has 0 amide bonds. The number of nitrogens with zero attached hydrogens (tertiary/aromatic N) is 7. The molecule has 43 heavy (non-hydrogen) atoms. The van der Waals surface area contributed by atoms with E-state index in [0.717, 1.165) is 41.8 Å². The molecule has 10 nitrogen and oxygen atoms in total. The molecule has 3 aromatic heterocycles. The van der Waals surface area contributed by atoms with Crippen molar-refractivity contribution in [1.82, 2.24) is 29.1 Å². The van der Waals surface area contributed by atoms with Crippen molar-refractivity contribution >= 4 is 45.6 Å². The van der Waals surface area contributed by atoms with Crippen LogP contribution < -0.4 is 14.9 Å². The summed E-state index contributed by atoms with van der Waals surface area (Å²) < 4.78 is 32.9. The van der Waals surface area contributed by atoms with Crippen LogP contribution in [0.4, 0.5) is 27.5 Å². The highest BCUT2D eigenvalue weighted by atomic mass is 32.2. The van der Waals surface area contributed by atoms with Gasteiger partial charge in [-0.25, -0.2) is 32.8 Å². The number of halogens is 1. The maximum Gasteiger partial charge on any atom is 0.228 e. The van der Waals surface area contributed by atoms with Gasteiger partial charge in [-0.3, -0.25) is 4.72 Å². The van der Waals surface area contributed by atoms with Gasteiger partial charge in [0.05, 0.1) is 38.8 Å². The molecule has 0 bridgehead atoms. The molecule has 0 radical (unpaired) electrons. The predicted octanol–water partition coefficient (Wildman–Crippen LogP) is 5.54. The van der Waals surface area contributed by atoms with E-state index < -0.39 is 17.0 Å². The Labute approximate surface area is 259 Å². The summed E-state index contributed by atoms with van der Waals surface area (Å²) in [6.07, 6.45) is 3.53. The lowest BCUT2D eigenvalue weighted by molar-refractivity contribution is 0.313. The van der Waals surface area contributed by atoms with Gasteiger partial charge in [0.1, 0.15) is 5.82 Å². The van der Waals surface area contributed by atoms with Crippen LogP contribution >= 0.6 is 11.3 Å². The van der Waals surface area contributed by atoms with E-state index in [9.17, 15) is 4.21 Å². The second kappa shape index (κ2) is 13.0. The zero-order valence-corrected chi connectivity index (χ0v) is 27.0. The minimum atomic E-state index is -1.58. The lowest BCUT2D eigenvalue weighted by atomic mass is 9.98. The van der Waals surface area contributed by atoms with Gasteiger partial charge in [0.2, 0.25) is 5.95 Å². The molecule has 1 saturated heterocycles. The first-order chi connectivity index (χ1) is 20.5. The molecule has 1 aliphatic heterocycles. The first-order valence-corrected chi connectivity index (χ1v) is 16.2. The van der Waals surface area contributed by atoms with Crippen LogP contribution in [0.15, 0.2) is 48.8 Å². The summed E-state index contributed by atoms with van der Waals surface area (Å²) in [7, 11) is 3.84. The fraction of sp³-hybridized carbons (Fsp3) is 0.400. The molecule has 228 valence electrons. The summed E-state index contributed by atoms with van der Waals surface area (Å²) in [4.78, 5) is 24.0. The Balaban J connectivity index is 1.45. The van der Waals surface area contributed by atoms with Crippen molar-refractivity contribution in [2.24, 2.45) is 0 Å². The highest BCUT2D eigenvalue weighted by molar-refractivity contribution is 7.84. The fourth-order valence-electron chi connectivity index (χ4n) is 4.45. The third kappa shape index (κ3) is 7.18. The highest BCUT2D eigenvalue weighted by Gasteiger charge is 2.26. The predicted molar refractivity (Wildman–Crippen MR) is 175 cm³/mol. The second-order valence-corrected chi connectivity index (χ2v) is 13.8. The lowest BCUT2D eigenvalue weighted by Gasteiger charge is -2.33. The monoisotopic (exact) mass is 623 g/mol. The van der Waals surface area contributed by atoms with Crippen LogP contribution in [0, 0.1) is 5.82 Å². The molecule has 0 aliphatic carbocycles. The smallest absolute Gasteiger partial charge is 0.228 e. The second-order valence-electron chi connectivity index (χ2n) is 11.5. The van der Waals surface area contributed by atoms with E-state index in [1.165, 1.54) is 11.3 Å². The van der Waals surface area contributed by atoms with E-state index in [1.54, 1.807) is 41.8 Å². The van der Waals surface area contributed by atoms with E-state index in [-0.39, 0.29) is 11.1 Å². The highest BCUT2D eigenvalue weighted by Crippen LogP contribution is 2.42. The van der Waals surface area contributed by atoms with Crippen molar-refractivity contribution in [2.75, 3.05) is 61.8 Å². The van der Waals surface area contributed by atoms with Gasteiger partial charge in [-0.05, 0) is 37.4 Å². The third-order valence-electron chi connectivity index (χ3n) is 7.19. The minimum absolute atomic E-state index is 0.142. The molecule has 1 fully saturated rings. The number of piperazine rings is 1. The van der Waals surface area contributed by atoms with E-state index in [4.69, 9.17) is 9.97 Å². The van der Waals surface area contributed by atoms with Gasteiger partial charge in [-0.2, -0.15) is 0 Å². The quantitative estimate of drug-likeness (QED) is 0.251. The van der Waals surface area contributed by atoms with Crippen molar-refractivity contribution in [3.8, 4) is 21.8 Å². The Morgan fingerprint density at radius 1 is 1.07 bits per heavy atom. The van der Waals surface area contributed by atoms with Crippen molar-refractivity contribution in [3.05, 3.63) is 59.6 Å². The Morgan fingerprint density at radius 2 is 1.84 bits per heavy atom. The Hall–Kier alpha value is -3.52. The first kappa shape index (κ1) is 30.9. The zero-order valence-electron chi connectivity index (χ0n) is 25.4. The molecule has 1 atom stereocenters. The van der Waals surface area contributed by atoms with Gasteiger partial charge < -0.3 is 15.1 Å². The van der Waals surface area contributed by atoms with Gasteiger partial charge in [0.25, 0.3) is 0 Å². The number of thiazole rings is 1. The van der Waals surface area contributed by atoms with Gasteiger partial charge in [0, 0.05) is 56.9 Å². The van der Waals surface area contributed by atoms with Crippen LogP contribution in [0.5, 0.6) is 0 Å². The summed E-state index contributed by atoms with van der Waals surface area (Å²) in [5.74, 6) is 0.483. The van der Waals surface area contributed by atoms with Crippen molar-refractivity contribution in [3.63, 3.8) is 0 Å². The standard InChI is InChI=1S/C30H38FN9OS2/c1-7-39(6)43(41)37-22-10-8-9-21(25(22)31)26-27(42-28(36-26)30(2,3)4)23-13-14-32-29(34-23)35-24-12-11-20(19-33-24)40-17-15-38(5)16-18-40/h8-14,19,37H,7,15-18H2,1-6H3,(H,32,33,34,35). The minimum Gasteiger partial charge on any atom is -0.368 e. The SMILES string of the molecule is CCN(C)S(=O)Nc1cccc(-c2nc(C(C)(C)C)sc2-c2ccnc(Nc3ccc(N4CCN(C)CC4)cn3)n2)c1F. The van der Waals surface area contributed by atoms with Crippen LogP contribution in [0.1, 0.15) is 32.7 Å². The number of hydrogen-bond donors (Lipinski definition) is 2. The number of nitrogens with one attached hydrogen (secondary N) is 2. The maximum atomic E-state index is 15.9. The number of likely N-dealkylation sites (N-methyl/N-ethyl adjacent to an activating group) is 1. The summed E-state index contributed by atoms with van der Waals surface area (Å²) in [6, 6.07) is 10.8. The summed E-state index contributed by atoms with van der Waals surface area (Å²) in [5.41, 5.74) is 2.35. The third-order valence-corrected chi connectivity index (χ3v) is 9.92. The number of aromatic nitrogens is 4. The molecule has 13 heteroatoms. The average molecular weight is 624 g/mol. The molecular formula is C30H38FN9OS2. The van der Waals surface area contributed by atoms with E-state index in [1.807, 2.05) is 19.2 Å². The molecule has 0 spiro atoms. The van der Waals surface area contributed by atoms with E-state index in [2.05, 4.69) is 63.7 Å². The Bertz CT molecular complexity index is 1580. The summed E-state index contributed by atoms with van der Waals surface area (Å²) in [6.45, 7) is 12.6. The van der Waals surface area contributed by atoms with Crippen molar-refractivity contribution in [2.45, 2.75) is 33.1 Å². The molecular weight excluding hydrogens is 586 g/mol. The average Bonchev–Trinajstić information content (AvgIpc) is 3.45. The Morgan fingerprint density at radius 3 is 2.51 bits per heavy atom. The largest absolute Gasteiger partial charge is 0.368 e. The summed E-state index contributed by atoms with van der Waals surface area (Å²) in [5, 5.41) is 4.05. The van der Waals surface area contributed by atoms with Gasteiger partial charge in [0.15, 0.2) is 17.0 Å². The van der Waals surface area contributed by atoms with Crippen LogP contribution in [-0.4, -0.2) is 80.2 Å². The van der Waals surface area contributed by atoms with Gasteiger partial charge >= 0.3 is 0 Å². The zero-order chi connectivity index (χ0) is 30.7. The molecule has 1 aliphatic rings. The van der Waals surface area contributed by atoms with Crippen LogP contribution in [-0.2, 0) is 16.6 Å². The Kier molecular flexibility index (Phi) is 9.35. The molecule has 0 saturated carbocycles. The van der Waals surface area contributed by atoms with Crippen molar-refractivity contribution in [1.29, 1.82) is 0 Å². The lowest BCUT2D eigenvalue weighted by Crippen LogP contribution is -2.44. The number of pyridine rings is 1. The number of hydrogen-bond acceptors (Lipinski definition) is 9. The number of anilines is 4. The summed E-state index contributed by atoms with van der Waals surface area (Å²) >= 11 is -0.107. The molecule has 2 N–H and O–H groups in total. The van der Waals surface area contributed by atoms with Gasteiger partial charge in [-0.15, -0.1) is 11.3 Å². The fourth-order valence-corrected chi connectivity index (χ4v) is 6.29. The molecule has 1 unspecified atom stereocenters. The van der Waals surface area contributed by atoms with Crippen LogP contribution in [0.3, 0.4) is 0 Å². The topological polar surface area (TPSA) is 102 Å². The normalized spacial score (nSPS) is 15.1. The number of benzene rings is 1. The van der Waals surface area contributed by atoms with E-state index in [0.29, 0.717) is 35.3 Å².